The molecule has 30 heavy (non-hydrogen) atoms. The van der Waals surface area contributed by atoms with Crippen LogP contribution in [-0.2, 0) is 9.59 Å². The number of carbonyl (C=O) groups is 2. The molecule has 0 aliphatic carbocycles. The molecule has 0 aliphatic rings. The predicted octanol–water partition coefficient (Wildman–Crippen LogP) is 3.65. The maximum absolute atomic E-state index is 12.0. The van der Waals surface area contributed by atoms with Crippen LogP contribution < -0.4 is 15.3 Å². The normalized spacial score (nSPS) is 10.6. The molecule has 5 nitrogen and oxygen atoms in total. The molecule has 0 heterocycles. The molecule has 5 heteroatoms. The molecule has 0 aromatic rings. The van der Waals surface area contributed by atoms with Gasteiger partial charge in [-0.3, -0.25) is 4.79 Å². The number of aliphatic carboxylic acids is 1. The number of hydrogen-bond acceptors (Lipinski definition) is 3. The minimum atomic E-state index is -1.08. The summed E-state index contributed by atoms with van der Waals surface area (Å²) in [5.41, 5.74) is 0. The maximum atomic E-state index is 12.0. The van der Waals surface area contributed by atoms with Crippen molar-refractivity contribution < 1.29 is 19.6 Å². The Bertz CT molecular complexity index is 363. The molecule has 0 aromatic carbocycles. The molecule has 0 fully saturated rings. The van der Waals surface area contributed by atoms with Crippen molar-refractivity contribution in [2.24, 2.45) is 0 Å². The van der Waals surface area contributed by atoms with E-state index in [2.05, 4.69) is 26.1 Å². The largest absolute Gasteiger partial charge is 0.550 e. The van der Waals surface area contributed by atoms with E-state index in [0.717, 1.165) is 26.4 Å². The molecule has 180 valence electrons. The van der Waals surface area contributed by atoms with Gasteiger partial charge >= 0.3 is 0 Å². The van der Waals surface area contributed by atoms with Gasteiger partial charge in [-0.1, -0.05) is 91.4 Å². The Morgan fingerprint density at radius 2 is 1.07 bits per heavy atom. The first-order valence-electron chi connectivity index (χ1n) is 12.8. The number of nitrogens with one attached hydrogen (secondary N) is 2. The Kier molecular flexibility index (Phi) is 26.9. The summed E-state index contributed by atoms with van der Waals surface area (Å²) in [4.78, 5) is 22.5. The van der Waals surface area contributed by atoms with E-state index in [1.54, 1.807) is 4.90 Å². The third-order valence-electron chi connectivity index (χ3n) is 5.33. The lowest BCUT2D eigenvalue weighted by atomic mass is 10.1. The van der Waals surface area contributed by atoms with Crippen LogP contribution >= 0.6 is 0 Å². The van der Waals surface area contributed by atoms with Crippen LogP contribution in [0.1, 0.15) is 124 Å². The Hall–Kier alpha value is -1.10. The van der Waals surface area contributed by atoms with Crippen LogP contribution in [0.5, 0.6) is 0 Å². The highest BCUT2D eigenvalue weighted by molar-refractivity contribution is 5.75. The first-order valence-corrected chi connectivity index (χ1v) is 12.8. The Morgan fingerprint density at radius 3 is 1.50 bits per heavy atom. The zero-order chi connectivity index (χ0) is 22.9. The van der Waals surface area contributed by atoms with Gasteiger partial charge in [-0.15, -0.1) is 0 Å². The number of carbonyl (C=O) groups excluding carboxylic acids is 2. The highest BCUT2D eigenvalue weighted by atomic mass is 16.4. The van der Waals surface area contributed by atoms with Gasteiger partial charge in [0.05, 0.1) is 26.1 Å². The number of rotatable bonds is 20. The molecule has 0 aliphatic heterocycles. The topological polar surface area (TPSA) is 73.7 Å². The lowest BCUT2D eigenvalue weighted by molar-refractivity contribution is -0.900. The summed E-state index contributed by atoms with van der Waals surface area (Å²) in [5, 5.41) is 12.0. The van der Waals surface area contributed by atoms with Gasteiger partial charge in [-0.2, -0.15) is 0 Å². The molecular weight excluding hydrogens is 376 g/mol. The van der Waals surface area contributed by atoms with Crippen LogP contribution in [0.4, 0.5) is 0 Å². The zero-order valence-corrected chi connectivity index (χ0v) is 20.7. The summed E-state index contributed by atoms with van der Waals surface area (Å²) in [7, 11) is 0. The molecule has 0 spiro atoms. The third kappa shape index (κ3) is 29.1. The molecule has 0 saturated carbocycles. The summed E-state index contributed by atoms with van der Waals surface area (Å²) >= 11 is 0. The number of carboxylic acid groups (broad SMARTS) is 1. The highest BCUT2D eigenvalue weighted by Crippen LogP contribution is 2.10. The average Bonchev–Trinajstić information content (AvgIpc) is 2.71. The molecule has 2 N–H and O–H groups in total. The monoisotopic (exact) mass is 428 g/mol. The van der Waals surface area contributed by atoms with Crippen molar-refractivity contribution in [3.8, 4) is 0 Å². The molecule has 0 rings (SSSR count). The Balaban J connectivity index is 0. The van der Waals surface area contributed by atoms with Gasteiger partial charge in [-0.05, 0) is 26.2 Å². The van der Waals surface area contributed by atoms with Crippen molar-refractivity contribution >= 4 is 11.9 Å². The van der Waals surface area contributed by atoms with Gasteiger partial charge in [0.2, 0.25) is 5.91 Å². The van der Waals surface area contributed by atoms with Crippen molar-refractivity contribution in [2.75, 3.05) is 26.2 Å². The SMILES string of the molecule is CC(=O)[O-].CCCCCCCCCCCCNC(=O)CC[NH+](CCCC)CCCC. The first-order chi connectivity index (χ1) is 14.5. The van der Waals surface area contributed by atoms with E-state index in [0.29, 0.717) is 6.42 Å². The van der Waals surface area contributed by atoms with Crippen LogP contribution in [0.15, 0.2) is 0 Å². The van der Waals surface area contributed by atoms with Gasteiger partial charge in [-0.25, -0.2) is 0 Å². The molecular formula is C25H52N2O3. The highest BCUT2D eigenvalue weighted by Gasteiger charge is 2.10. The van der Waals surface area contributed by atoms with Crippen molar-refractivity contribution in [1.82, 2.24) is 5.32 Å². The van der Waals surface area contributed by atoms with Crippen LogP contribution in [0, 0.1) is 0 Å². The van der Waals surface area contributed by atoms with Crippen LogP contribution in [-0.4, -0.2) is 38.1 Å². The summed E-state index contributed by atoms with van der Waals surface area (Å²) in [6, 6.07) is 0. The number of unbranched alkanes of at least 4 members (excludes halogenated alkanes) is 11. The van der Waals surface area contributed by atoms with Crippen LogP contribution in [0.3, 0.4) is 0 Å². The third-order valence-corrected chi connectivity index (χ3v) is 5.33. The molecule has 1 amide bonds. The standard InChI is InChI=1S/C23H48N2O.C2H4O2/c1-4-7-10-11-12-13-14-15-16-17-19-24-23(26)18-22-25(20-8-5-2)21-9-6-3;1-2(3)4/h4-22H2,1-3H3,(H,24,26);1H3,(H,3,4). The second-order valence-electron chi connectivity index (χ2n) is 8.48. The average molecular weight is 429 g/mol. The smallest absolute Gasteiger partial charge is 0.225 e. The number of carboxylic acids is 1. The van der Waals surface area contributed by atoms with E-state index in [1.807, 2.05) is 0 Å². The lowest BCUT2D eigenvalue weighted by Crippen LogP contribution is -3.12. The first kappa shape index (κ1) is 31.1. The minimum Gasteiger partial charge on any atom is -0.550 e. The minimum absolute atomic E-state index is 0.256. The second-order valence-corrected chi connectivity index (χ2v) is 8.48. The summed E-state index contributed by atoms with van der Waals surface area (Å²) in [5.74, 6) is -0.827. The molecule has 0 atom stereocenters. The second kappa shape index (κ2) is 25.9. The van der Waals surface area contributed by atoms with Gasteiger partial charge in [0.1, 0.15) is 0 Å². The van der Waals surface area contributed by atoms with Gasteiger partial charge in [0.15, 0.2) is 0 Å². The fraction of sp³-hybridized carbons (Fsp3) is 0.920. The van der Waals surface area contributed by atoms with E-state index >= 15 is 0 Å². The molecule has 0 bridgehead atoms. The molecule has 0 aromatic heterocycles. The van der Waals surface area contributed by atoms with Crippen molar-refractivity contribution in [2.45, 2.75) is 124 Å². The van der Waals surface area contributed by atoms with Crippen molar-refractivity contribution in [3.63, 3.8) is 0 Å². The van der Waals surface area contributed by atoms with E-state index in [4.69, 9.17) is 9.90 Å². The van der Waals surface area contributed by atoms with Gasteiger partial charge < -0.3 is 20.1 Å². The Morgan fingerprint density at radius 1 is 0.667 bits per heavy atom. The van der Waals surface area contributed by atoms with E-state index < -0.39 is 5.97 Å². The van der Waals surface area contributed by atoms with Crippen molar-refractivity contribution in [3.05, 3.63) is 0 Å². The van der Waals surface area contributed by atoms with Crippen molar-refractivity contribution in [1.29, 1.82) is 0 Å². The maximum Gasteiger partial charge on any atom is 0.225 e. The number of amides is 1. The van der Waals surface area contributed by atoms with Gasteiger partial charge in [0.25, 0.3) is 0 Å². The molecule has 0 saturated heterocycles. The number of hydrogen-bond donors (Lipinski definition) is 2. The fourth-order valence-corrected chi connectivity index (χ4v) is 3.45. The molecule has 0 unspecified atom stereocenters. The lowest BCUT2D eigenvalue weighted by Gasteiger charge is -2.18. The van der Waals surface area contributed by atoms with E-state index in [1.165, 1.54) is 96.6 Å². The zero-order valence-electron chi connectivity index (χ0n) is 20.7. The quantitative estimate of drug-likeness (QED) is 0.291. The van der Waals surface area contributed by atoms with E-state index in [-0.39, 0.29) is 5.91 Å². The summed E-state index contributed by atoms with van der Waals surface area (Å²) in [6.45, 7) is 12.1. The van der Waals surface area contributed by atoms with Crippen LogP contribution in [0.25, 0.3) is 0 Å². The fourth-order valence-electron chi connectivity index (χ4n) is 3.45. The van der Waals surface area contributed by atoms with Gasteiger partial charge in [0, 0.05) is 12.5 Å². The number of quaternary nitrogens is 1. The van der Waals surface area contributed by atoms with E-state index in [9.17, 15) is 4.79 Å². The Labute approximate surface area is 187 Å². The predicted molar refractivity (Wildman–Crippen MR) is 126 cm³/mol. The molecule has 0 radical (unpaired) electrons. The summed E-state index contributed by atoms with van der Waals surface area (Å²) in [6.07, 6.45) is 19.2. The summed E-state index contributed by atoms with van der Waals surface area (Å²) < 4.78 is 0. The van der Waals surface area contributed by atoms with Crippen LogP contribution in [0.2, 0.25) is 0 Å².